The van der Waals surface area contributed by atoms with Gasteiger partial charge in [-0.3, -0.25) is 9.59 Å². The predicted octanol–water partition coefficient (Wildman–Crippen LogP) is 3.15. The fraction of sp³-hybridized carbons (Fsp3) is 0.609. The van der Waals surface area contributed by atoms with E-state index in [1.165, 1.54) is 18.4 Å². The SMILES string of the molecule is CCNC(=NCC(=O)Nc1cccc(CC)c1)NC1CCN(C(=O)C2CCCC2)C1.I. The van der Waals surface area contributed by atoms with Crippen LogP contribution in [0.1, 0.15) is 51.5 Å². The second-order valence-corrected chi connectivity index (χ2v) is 8.19. The van der Waals surface area contributed by atoms with Gasteiger partial charge in [-0.15, -0.1) is 24.0 Å². The van der Waals surface area contributed by atoms with E-state index < -0.39 is 0 Å². The second kappa shape index (κ2) is 12.9. The van der Waals surface area contributed by atoms with Gasteiger partial charge in [0.1, 0.15) is 6.54 Å². The molecule has 3 rings (SSSR count). The maximum Gasteiger partial charge on any atom is 0.246 e. The highest BCUT2D eigenvalue weighted by atomic mass is 127. The maximum atomic E-state index is 12.6. The molecule has 2 fully saturated rings. The van der Waals surface area contributed by atoms with Crippen LogP contribution in [0.5, 0.6) is 0 Å². The molecule has 31 heavy (non-hydrogen) atoms. The zero-order valence-corrected chi connectivity index (χ0v) is 21.0. The average molecular weight is 541 g/mol. The Morgan fingerprint density at radius 3 is 2.65 bits per heavy atom. The molecular formula is C23H36IN5O2. The number of likely N-dealkylation sites (tertiary alicyclic amines) is 1. The van der Waals surface area contributed by atoms with Gasteiger partial charge in [-0.25, -0.2) is 4.99 Å². The number of nitrogens with one attached hydrogen (secondary N) is 3. The van der Waals surface area contributed by atoms with Crippen LogP contribution in [0.25, 0.3) is 0 Å². The summed E-state index contributed by atoms with van der Waals surface area (Å²) in [6.07, 6.45) is 6.25. The van der Waals surface area contributed by atoms with Crippen molar-refractivity contribution in [2.24, 2.45) is 10.9 Å². The monoisotopic (exact) mass is 541 g/mol. The summed E-state index contributed by atoms with van der Waals surface area (Å²) in [4.78, 5) is 31.4. The molecule has 1 unspecified atom stereocenters. The summed E-state index contributed by atoms with van der Waals surface area (Å²) in [5, 5.41) is 9.50. The molecule has 0 aromatic heterocycles. The predicted molar refractivity (Wildman–Crippen MR) is 136 cm³/mol. The highest BCUT2D eigenvalue weighted by Gasteiger charge is 2.32. The number of anilines is 1. The third kappa shape index (κ3) is 7.66. The molecule has 7 nitrogen and oxygen atoms in total. The fourth-order valence-electron chi connectivity index (χ4n) is 4.24. The summed E-state index contributed by atoms with van der Waals surface area (Å²) >= 11 is 0. The van der Waals surface area contributed by atoms with E-state index in [4.69, 9.17) is 0 Å². The molecule has 2 aliphatic rings. The summed E-state index contributed by atoms with van der Waals surface area (Å²) < 4.78 is 0. The molecule has 1 saturated heterocycles. The Morgan fingerprint density at radius 1 is 1.16 bits per heavy atom. The third-order valence-corrected chi connectivity index (χ3v) is 5.89. The number of aryl methyl sites for hydroxylation is 1. The van der Waals surface area contributed by atoms with Crippen LogP contribution in [0.3, 0.4) is 0 Å². The van der Waals surface area contributed by atoms with Crippen LogP contribution < -0.4 is 16.0 Å². The number of nitrogens with zero attached hydrogens (tertiary/aromatic N) is 2. The molecule has 1 heterocycles. The van der Waals surface area contributed by atoms with E-state index in [9.17, 15) is 9.59 Å². The third-order valence-electron chi connectivity index (χ3n) is 5.89. The molecule has 8 heteroatoms. The van der Waals surface area contributed by atoms with Gasteiger partial charge in [0.05, 0.1) is 0 Å². The molecule has 1 aliphatic carbocycles. The molecular weight excluding hydrogens is 505 g/mol. The van der Waals surface area contributed by atoms with Crippen LogP contribution >= 0.6 is 24.0 Å². The van der Waals surface area contributed by atoms with Crippen molar-refractivity contribution < 1.29 is 9.59 Å². The van der Waals surface area contributed by atoms with Gasteiger partial charge in [-0.05, 0) is 50.3 Å². The lowest BCUT2D eigenvalue weighted by Gasteiger charge is -2.21. The number of amides is 2. The van der Waals surface area contributed by atoms with Crippen LogP contribution in [-0.4, -0.2) is 54.9 Å². The minimum atomic E-state index is -0.148. The summed E-state index contributed by atoms with van der Waals surface area (Å²) in [7, 11) is 0. The molecule has 2 amide bonds. The van der Waals surface area contributed by atoms with Gasteiger partial charge in [0, 0.05) is 37.3 Å². The smallest absolute Gasteiger partial charge is 0.246 e. The molecule has 1 aromatic carbocycles. The number of halogens is 1. The van der Waals surface area contributed by atoms with Gasteiger partial charge in [0.15, 0.2) is 5.96 Å². The number of hydrogen-bond acceptors (Lipinski definition) is 3. The second-order valence-electron chi connectivity index (χ2n) is 8.19. The van der Waals surface area contributed by atoms with Crippen molar-refractivity contribution in [1.29, 1.82) is 0 Å². The number of guanidine groups is 1. The largest absolute Gasteiger partial charge is 0.357 e. The van der Waals surface area contributed by atoms with Crippen LogP contribution in [0.15, 0.2) is 29.3 Å². The molecule has 0 radical (unpaired) electrons. The molecule has 1 atom stereocenters. The molecule has 0 bridgehead atoms. The van der Waals surface area contributed by atoms with E-state index >= 15 is 0 Å². The van der Waals surface area contributed by atoms with Crippen molar-refractivity contribution in [3.05, 3.63) is 29.8 Å². The van der Waals surface area contributed by atoms with Crippen molar-refractivity contribution in [2.45, 2.75) is 58.4 Å². The standard InChI is InChI=1S/C23H35N5O2.HI/c1-3-17-8-7-11-19(14-17)26-21(29)15-25-23(24-4-2)27-20-12-13-28(16-20)22(30)18-9-5-6-10-18;/h7-8,11,14,18,20H,3-6,9-10,12-13,15-16H2,1-2H3,(H,26,29)(H2,24,25,27);1H. The first kappa shape index (κ1) is 25.4. The first-order valence-corrected chi connectivity index (χ1v) is 11.3. The minimum absolute atomic E-state index is 0. The summed E-state index contributed by atoms with van der Waals surface area (Å²) in [5.41, 5.74) is 1.98. The van der Waals surface area contributed by atoms with Crippen molar-refractivity contribution in [3.8, 4) is 0 Å². The van der Waals surface area contributed by atoms with Gasteiger partial charge in [-0.1, -0.05) is 31.9 Å². The first-order valence-electron chi connectivity index (χ1n) is 11.3. The number of rotatable bonds is 7. The Kier molecular flexibility index (Phi) is 10.6. The molecule has 3 N–H and O–H groups in total. The lowest BCUT2D eigenvalue weighted by molar-refractivity contribution is -0.134. The number of carbonyl (C=O) groups excluding carboxylic acids is 2. The normalized spacial score (nSPS) is 19.1. The molecule has 1 aliphatic heterocycles. The van der Waals surface area contributed by atoms with Gasteiger partial charge >= 0.3 is 0 Å². The van der Waals surface area contributed by atoms with Crippen molar-refractivity contribution >= 4 is 47.4 Å². The van der Waals surface area contributed by atoms with E-state index in [2.05, 4.69) is 27.9 Å². The zero-order valence-electron chi connectivity index (χ0n) is 18.7. The van der Waals surface area contributed by atoms with Crippen LogP contribution in [-0.2, 0) is 16.0 Å². The van der Waals surface area contributed by atoms with E-state index in [1.54, 1.807) is 0 Å². The van der Waals surface area contributed by atoms with Crippen molar-refractivity contribution in [1.82, 2.24) is 15.5 Å². The summed E-state index contributed by atoms with van der Waals surface area (Å²) in [6.45, 7) is 6.34. The average Bonchev–Trinajstić information content (AvgIpc) is 3.44. The fourth-order valence-corrected chi connectivity index (χ4v) is 4.24. The Morgan fingerprint density at radius 2 is 1.94 bits per heavy atom. The Bertz CT molecular complexity index is 764. The highest BCUT2D eigenvalue weighted by Crippen LogP contribution is 2.27. The van der Waals surface area contributed by atoms with Crippen molar-refractivity contribution in [2.75, 3.05) is 31.5 Å². The van der Waals surface area contributed by atoms with E-state index in [0.717, 1.165) is 37.9 Å². The highest BCUT2D eigenvalue weighted by molar-refractivity contribution is 14.0. The van der Waals surface area contributed by atoms with Gasteiger partial charge < -0.3 is 20.9 Å². The number of aliphatic imine (C=N–C) groups is 1. The Hall–Kier alpha value is -1.84. The molecule has 0 spiro atoms. The van der Waals surface area contributed by atoms with Gasteiger partial charge in [0.2, 0.25) is 11.8 Å². The number of hydrogen-bond donors (Lipinski definition) is 3. The number of carbonyl (C=O) groups is 2. The van der Waals surface area contributed by atoms with Crippen LogP contribution in [0.2, 0.25) is 0 Å². The van der Waals surface area contributed by atoms with E-state index in [0.29, 0.717) is 25.0 Å². The van der Waals surface area contributed by atoms with E-state index in [1.807, 2.05) is 36.1 Å². The maximum absolute atomic E-state index is 12.6. The summed E-state index contributed by atoms with van der Waals surface area (Å²) in [5.74, 6) is 1.01. The molecule has 1 saturated carbocycles. The van der Waals surface area contributed by atoms with Crippen molar-refractivity contribution in [3.63, 3.8) is 0 Å². The number of benzene rings is 1. The van der Waals surface area contributed by atoms with Gasteiger partial charge in [0.25, 0.3) is 0 Å². The summed E-state index contributed by atoms with van der Waals surface area (Å²) in [6, 6.07) is 8.03. The zero-order chi connectivity index (χ0) is 21.3. The molecule has 172 valence electrons. The van der Waals surface area contributed by atoms with E-state index in [-0.39, 0.29) is 48.4 Å². The topological polar surface area (TPSA) is 85.8 Å². The Balaban J connectivity index is 0.00000341. The molecule has 1 aromatic rings. The van der Waals surface area contributed by atoms with Gasteiger partial charge in [-0.2, -0.15) is 0 Å². The quantitative estimate of drug-likeness (QED) is 0.281. The van der Waals surface area contributed by atoms with Crippen LogP contribution in [0.4, 0.5) is 5.69 Å². The Labute approximate surface area is 202 Å². The lowest BCUT2D eigenvalue weighted by Crippen LogP contribution is -2.45. The lowest BCUT2D eigenvalue weighted by atomic mass is 10.1. The van der Waals surface area contributed by atoms with Crippen LogP contribution in [0, 0.1) is 5.92 Å². The first-order chi connectivity index (χ1) is 14.6. The minimum Gasteiger partial charge on any atom is -0.357 e.